The predicted molar refractivity (Wildman–Crippen MR) is 46.0 cm³/mol. The second kappa shape index (κ2) is 2.89. The van der Waals surface area contributed by atoms with E-state index in [1.807, 2.05) is 18.3 Å². The third-order valence-corrected chi connectivity index (χ3v) is 1.05. The van der Waals surface area contributed by atoms with Crippen LogP contribution in [-0.4, -0.2) is 9.30 Å². The van der Waals surface area contributed by atoms with Gasteiger partial charge in [-0.2, -0.15) is 0 Å². The number of anilines is 1. The zero-order valence-electron chi connectivity index (χ0n) is 4.59. The zero-order valence-corrected chi connectivity index (χ0v) is 6.30. The van der Waals surface area contributed by atoms with Gasteiger partial charge in [0.2, 0.25) is 0 Å². The summed E-state index contributed by atoms with van der Waals surface area (Å²) in [7, 11) is 0. The molecule has 0 bridgehead atoms. The fourth-order valence-electron chi connectivity index (χ4n) is 0.523. The van der Waals surface area contributed by atoms with Gasteiger partial charge in [-0.05, 0) is 12.1 Å². The maximum atomic E-state index is 4.68. The van der Waals surface area contributed by atoms with Crippen LogP contribution in [0.5, 0.6) is 0 Å². The van der Waals surface area contributed by atoms with Crippen LogP contribution in [0.15, 0.2) is 18.3 Å². The Hall–Kier alpha value is -0.480. The van der Waals surface area contributed by atoms with E-state index < -0.39 is 0 Å². The van der Waals surface area contributed by atoms with Gasteiger partial charge in [-0.1, -0.05) is 12.2 Å². The molecule has 0 aliphatic carbocycles. The van der Waals surface area contributed by atoms with Crippen LogP contribution in [0.4, 0.5) is 5.82 Å². The zero-order chi connectivity index (χ0) is 6.69. The lowest BCUT2D eigenvalue weighted by atomic mass is 10.6. The Kier molecular flexibility index (Phi) is 2.13. The molecule has 0 unspecified atom stereocenters. The van der Waals surface area contributed by atoms with Crippen LogP contribution < -0.4 is 5.32 Å². The molecule has 1 aromatic rings. The number of aromatic nitrogens is 1. The van der Waals surface area contributed by atoms with E-state index in [0.29, 0.717) is 4.32 Å². The molecule has 48 valence electrons. The summed E-state index contributed by atoms with van der Waals surface area (Å²) in [5.41, 5.74) is 0. The van der Waals surface area contributed by atoms with Crippen LogP contribution in [0.3, 0.4) is 0 Å². The summed E-state index contributed by atoms with van der Waals surface area (Å²) in [5.74, 6) is 0.870. The third kappa shape index (κ3) is 2.07. The van der Waals surface area contributed by atoms with E-state index in [0.717, 1.165) is 5.82 Å². The fraction of sp³-hybridized carbons (Fsp3) is 0. The molecule has 0 atom stereocenters. The van der Waals surface area contributed by atoms with Gasteiger partial charge in [0.25, 0.3) is 0 Å². The highest BCUT2D eigenvalue weighted by Crippen LogP contribution is 2.01. The average molecular weight is 158 g/mol. The molecule has 1 heterocycles. The van der Waals surface area contributed by atoms with E-state index in [1.54, 1.807) is 0 Å². The highest BCUT2D eigenvalue weighted by atomic mass is 32.1. The molecular formula is C5H6N2S2. The Morgan fingerprint density at radius 3 is 3.00 bits per heavy atom. The molecule has 0 spiro atoms. The lowest BCUT2D eigenvalue weighted by Gasteiger charge is -1.95. The number of nitrogens with one attached hydrogen (secondary N) is 2. The van der Waals surface area contributed by atoms with Gasteiger partial charge >= 0.3 is 0 Å². The largest absolute Gasteiger partial charge is 0.348 e. The monoisotopic (exact) mass is 158 g/mol. The summed E-state index contributed by atoms with van der Waals surface area (Å²) in [5, 5.41) is 2.82. The highest BCUT2D eigenvalue weighted by Gasteiger charge is 1.88. The van der Waals surface area contributed by atoms with Crippen molar-refractivity contribution in [3.05, 3.63) is 18.3 Å². The summed E-state index contributed by atoms with van der Waals surface area (Å²) in [6, 6.07) is 3.76. The van der Waals surface area contributed by atoms with E-state index in [4.69, 9.17) is 0 Å². The van der Waals surface area contributed by atoms with Crippen LogP contribution in [0.25, 0.3) is 0 Å². The Balaban J connectivity index is 2.58. The van der Waals surface area contributed by atoms with E-state index in [9.17, 15) is 0 Å². The molecule has 0 saturated heterocycles. The predicted octanol–water partition coefficient (Wildman–Crippen LogP) is 1.64. The number of hydrogen-bond donors (Lipinski definition) is 3. The molecule has 0 amide bonds. The van der Waals surface area contributed by atoms with Crippen molar-refractivity contribution in [2.24, 2.45) is 0 Å². The number of thiocarbonyl (C=S) groups is 1. The van der Waals surface area contributed by atoms with Crippen molar-refractivity contribution in [3.8, 4) is 0 Å². The van der Waals surface area contributed by atoms with Crippen molar-refractivity contribution < 1.29 is 0 Å². The van der Waals surface area contributed by atoms with E-state index in [-0.39, 0.29) is 0 Å². The molecule has 0 aliphatic heterocycles. The number of thiol groups is 1. The number of hydrogen-bond acceptors (Lipinski definition) is 1. The van der Waals surface area contributed by atoms with Crippen LogP contribution in [0, 0.1) is 0 Å². The van der Waals surface area contributed by atoms with Gasteiger partial charge in [0.05, 0.1) is 0 Å². The van der Waals surface area contributed by atoms with E-state index in [1.165, 1.54) is 0 Å². The molecule has 0 radical (unpaired) electrons. The first kappa shape index (κ1) is 6.64. The highest BCUT2D eigenvalue weighted by molar-refractivity contribution is 8.11. The van der Waals surface area contributed by atoms with E-state index >= 15 is 0 Å². The second-order valence-corrected chi connectivity index (χ2v) is 2.67. The van der Waals surface area contributed by atoms with Crippen molar-refractivity contribution >= 4 is 35.0 Å². The molecular weight excluding hydrogens is 152 g/mol. The Morgan fingerprint density at radius 1 is 1.78 bits per heavy atom. The minimum atomic E-state index is 0.470. The molecule has 0 aliphatic rings. The van der Waals surface area contributed by atoms with Gasteiger partial charge in [-0.3, -0.25) is 0 Å². The topological polar surface area (TPSA) is 27.8 Å². The number of H-pyrrole nitrogens is 1. The summed E-state index contributed by atoms with van der Waals surface area (Å²) in [6.45, 7) is 0. The van der Waals surface area contributed by atoms with Crippen LogP contribution in [-0.2, 0) is 0 Å². The molecule has 0 aromatic carbocycles. The summed E-state index contributed by atoms with van der Waals surface area (Å²) < 4.78 is 0.470. The van der Waals surface area contributed by atoms with Gasteiger partial charge < -0.3 is 10.3 Å². The Bertz CT molecular complexity index is 193. The molecule has 4 heteroatoms. The van der Waals surface area contributed by atoms with Crippen molar-refractivity contribution in [3.63, 3.8) is 0 Å². The van der Waals surface area contributed by atoms with Gasteiger partial charge in [0.1, 0.15) is 10.1 Å². The van der Waals surface area contributed by atoms with Gasteiger partial charge in [0, 0.05) is 6.20 Å². The first-order valence-corrected chi connectivity index (χ1v) is 3.28. The fourth-order valence-corrected chi connectivity index (χ4v) is 0.754. The summed E-state index contributed by atoms with van der Waals surface area (Å²) >= 11 is 8.56. The van der Waals surface area contributed by atoms with Crippen molar-refractivity contribution in [1.82, 2.24) is 4.98 Å². The molecule has 2 nitrogen and oxygen atoms in total. The number of rotatable bonds is 1. The average Bonchev–Trinajstić information content (AvgIpc) is 2.15. The maximum Gasteiger partial charge on any atom is 0.136 e. The molecule has 1 rings (SSSR count). The molecule has 0 saturated carbocycles. The summed E-state index contributed by atoms with van der Waals surface area (Å²) in [4.78, 5) is 2.92. The van der Waals surface area contributed by atoms with Crippen LogP contribution in [0.2, 0.25) is 0 Å². The van der Waals surface area contributed by atoms with Gasteiger partial charge in [-0.25, -0.2) is 0 Å². The SMILES string of the molecule is S=C(S)Nc1ccc[nH]1. The summed E-state index contributed by atoms with van der Waals surface area (Å²) in [6.07, 6.45) is 1.81. The molecule has 0 fully saturated rings. The van der Waals surface area contributed by atoms with Crippen LogP contribution >= 0.6 is 24.8 Å². The van der Waals surface area contributed by atoms with Gasteiger partial charge in [-0.15, -0.1) is 12.6 Å². The van der Waals surface area contributed by atoms with Gasteiger partial charge in [0.15, 0.2) is 0 Å². The van der Waals surface area contributed by atoms with Crippen LogP contribution in [0.1, 0.15) is 0 Å². The molecule has 9 heavy (non-hydrogen) atoms. The smallest absolute Gasteiger partial charge is 0.136 e. The quantitative estimate of drug-likeness (QED) is 0.428. The number of aromatic amines is 1. The molecule has 2 N–H and O–H groups in total. The first-order chi connectivity index (χ1) is 4.29. The maximum absolute atomic E-state index is 4.68. The Labute approximate surface area is 64.1 Å². The Morgan fingerprint density at radius 2 is 2.56 bits per heavy atom. The minimum absolute atomic E-state index is 0.470. The van der Waals surface area contributed by atoms with Crippen molar-refractivity contribution in [1.29, 1.82) is 0 Å². The van der Waals surface area contributed by atoms with Crippen molar-refractivity contribution in [2.45, 2.75) is 0 Å². The lowest BCUT2D eigenvalue weighted by molar-refractivity contribution is 1.41. The standard InChI is InChI=1S/C5H6N2S2/c8-5(9)7-4-2-1-3-6-4/h1-3,6H,(H2,7,8,9). The first-order valence-electron chi connectivity index (χ1n) is 2.42. The molecule has 1 aromatic heterocycles. The van der Waals surface area contributed by atoms with Crippen molar-refractivity contribution in [2.75, 3.05) is 5.32 Å². The van der Waals surface area contributed by atoms with E-state index in [2.05, 4.69) is 35.1 Å². The normalized spacial score (nSPS) is 9.00. The minimum Gasteiger partial charge on any atom is -0.348 e. The second-order valence-electron chi connectivity index (χ2n) is 1.51. The lowest BCUT2D eigenvalue weighted by Crippen LogP contribution is -1.99. The third-order valence-electron chi connectivity index (χ3n) is 0.840.